The Morgan fingerprint density at radius 3 is 2.64 bits per heavy atom. The minimum Gasteiger partial charge on any atom is -0.508 e. The van der Waals surface area contributed by atoms with Crippen LogP contribution in [0.3, 0.4) is 0 Å². The third kappa shape index (κ3) is 5.16. The van der Waals surface area contributed by atoms with Crippen molar-refractivity contribution in [2.45, 2.75) is 25.0 Å². The number of nitrogens with zero attached hydrogens (tertiary/aromatic N) is 2. The third-order valence-electron chi connectivity index (χ3n) is 4.82. The molecule has 28 heavy (non-hydrogen) atoms. The first-order valence-corrected chi connectivity index (χ1v) is 9.73. The second kappa shape index (κ2) is 9.11. The van der Waals surface area contributed by atoms with Crippen LogP contribution >= 0.6 is 23.2 Å². The quantitative estimate of drug-likeness (QED) is 0.489. The number of amides is 1. The predicted molar refractivity (Wildman–Crippen MR) is 107 cm³/mol. The fourth-order valence-corrected chi connectivity index (χ4v) is 3.68. The first kappa shape index (κ1) is 20.9. The molecule has 2 aromatic rings. The summed E-state index contributed by atoms with van der Waals surface area (Å²) in [4.78, 5) is 14.7. The van der Waals surface area contributed by atoms with Crippen molar-refractivity contribution in [2.75, 3.05) is 19.6 Å². The lowest BCUT2D eigenvalue weighted by atomic mass is 10.0. The van der Waals surface area contributed by atoms with Crippen molar-refractivity contribution in [3.8, 4) is 5.75 Å². The molecule has 2 atom stereocenters. The molecule has 0 spiro atoms. The van der Waals surface area contributed by atoms with Crippen molar-refractivity contribution >= 4 is 29.1 Å². The van der Waals surface area contributed by atoms with Crippen LogP contribution in [0.15, 0.2) is 42.5 Å². The van der Waals surface area contributed by atoms with Crippen LogP contribution in [-0.2, 0) is 11.2 Å². The molecule has 3 N–H and O–H groups in total. The molecular weight excluding hydrogens is 403 g/mol. The highest BCUT2D eigenvalue weighted by Gasteiger charge is 2.29. The zero-order chi connectivity index (χ0) is 20.3. The van der Waals surface area contributed by atoms with Gasteiger partial charge in [0.15, 0.2) is 0 Å². The minimum atomic E-state index is -0.687. The van der Waals surface area contributed by atoms with E-state index in [0.717, 1.165) is 0 Å². The van der Waals surface area contributed by atoms with Crippen molar-refractivity contribution in [3.05, 3.63) is 63.6 Å². The molecule has 1 heterocycles. The number of hydroxylamine groups is 2. The number of rotatable bonds is 6. The van der Waals surface area contributed by atoms with Crippen molar-refractivity contribution in [3.63, 3.8) is 0 Å². The second-order valence-corrected chi connectivity index (χ2v) is 7.79. The first-order chi connectivity index (χ1) is 13.3. The molecule has 6 nitrogen and oxygen atoms in total. The van der Waals surface area contributed by atoms with Gasteiger partial charge in [-0.3, -0.25) is 14.9 Å². The highest BCUT2D eigenvalue weighted by atomic mass is 35.5. The van der Waals surface area contributed by atoms with Gasteiger partial charge in [-0.1, -0.05) is 41.4 Å². The molecule has 2 unspecified atom stereocenters. The van der Waals surface area contributed by atoms with Gasteiger partial charge in [0.05, 0.1) is 28.6 Å². The number of benzene rings is 2. The maximum atomic E-state index is 12.7. The number of aliphatic hydroxyl groups excluding tert-OH is 1. The number of phenolic OH excluding ortho intramolecular Hbond substituents is 1. The average Bonchev–Trinajstić information content (AvgIpc) is 3.07. The number of aliphatic hydroxyl groups is 1. The third-order valence-corrected chi connectivity index (χ3v) is 5.56. The number of β-amino-alcohol motifs (C(OH)–C–C–N with tert-alkyl or cyclic N) is 1. The zero-order valence-corrected chi connectivity index (χ0v) is 16.6. The maximum Gasteiger partial charge on any atom is 0.250 e. The molecule has 0 radical (unpaired) electrons. The van der Waals surface area contributed by atoms with Crippen LogP contribution in [0.2, 0.25) is 10.0 Å². The summed E-state index contributed by atoms with van der Waals surface area (Å²) in [5.74, 6) is -0.458. The monoisotopic (exact) mass is 424 g/mol. The van der Waals surface area contributed by atoms with Crippen molar-refractivity contribution in [2.24, 2.45) is 0 Å². The summed E-state index contributed by atoms with van der Waals surface area (Å²) in [5.41, 5.74) is 1.23. The van der Waals surface area contributed by atoms with Crippen LogP contribution < -0.4 is 0 Å². The van der Waals surface area contributed by atoms with Gasteiger partial charge in [-0.25, -0.2) is 5.06 Å². The van der Waals surface area contributed by atoms with Crippen molar-refractivity contribution in [1.82, 2.24) is 9.96 Å². The lowest BCUT2D eigenvalue weighted by Crippen LogP contribution is -2.40. The zero-order valence-electron chi connectivity index (χ0n) is 15.1. The molecule has 0 saturated carbocycles. The Hall–Kier alpha value is -1.83. The van der Waals surface area contributed by atoms with E-state index >= 15 is 0 Å². The molecule has 0 aromatic heterocycles. The van der Waals surface area contributed by atoms with Crippen molar-refractivity contribution in [1.29, 1.82) is 0 Å². The minimum absolute atomic E-state index is 0.0503. The topological polar surface area (TPSA) is 84.2 Å². The van der Waals surface area contributed by atoms with Gasteiger partial charge in [0.2, 0.25) is 0 Å². The molecule has 1 aliphatic rings. The predicted octanol–water partition coefficient (Wildman–Crippen LogP) is 3.27. The molecular formula is C20H22Cl2N2O4. The summed E-state index contributed by atoms with van der Waals surface area (Å²) in [6.07, 6.45) is 0.185. The summed E-state index contributed by atoms with van der Waals surface area (Å²) in [5, 5.41) is 31.7. The van der Waals surface area contributed by atoms with E-state index in [-0.39, 0.29) is 12.2 Å². The smallest absolute Gasteiger partial charge is 0.250 e. The summed E-state index contributed by atoms with van der Waals surface area (Å²) in [7, 11) is 0. The van der Waals surface area contributed by atoms with Crippen LogP contribution in [0, 0.1) is 0 Å². The Labute approximate surface area is 173 Å². The van der Waals surface area contributed by atoms with E-state index in [1.165, 1.54) is 12.1 Å². The molecule has 0 bridgehead atoms. The summed E-state index contributed by atoms with van der Waals surface area (Å²) < 4.78 is 0. The number of carbonyl (C=O) groups is 1. The van der Waals surface area contributed by atoms with E-state index in [4.69, 9.17) is 23.2 Å². The Bertz CT molecular complexity index is 849. The summed E-state index contributed by atoms with van der Waals surface area (Å²) >= 11 is 11.9. The number of hydrogen-bond acceptors (Lipinski definition) is 5. The van der Waals surface area contributed by atoms with Gasteiger partial charge in [0.25, 0.3) is 5.91 Å². The van der Waals surface area contributed by atoms with Crippen LogP contribution in [0.4, 0.5) is 0 Å². The van der Waals surface area contributed by atoms with Gasteiger partial charge in [-0.2, -0.15) is 0 Å². The van der Waals surface area contributed by atoms with Crippen LogP contribution in [0.25, 0.3) is 0 Å². The Morgan fingerprint density at radius 2 is 2.00 bits per heavy atom. The first-order valence-electron chi connectivity index (χ1n) is 8.97. The number of halogens is 2. The van der Waals surface area contributed by atoms with Gasteiger partial charge in [-0.15, -0.1) is 0 Å². The maximum absolute atomic E-state index is 12.7. The molecule has 3 rings (SSSR count). The Balaban J connectivity index is 1.79. The van der Waals surface area contributed by atoms with Gasteiger partial charge in [0, 0.05) is 19.6 Å². The summed E-state index contributed by atoms with van der Waals surface area (Å²) in [6.45, 7) is 1.49. The Morgan fingerprint density at radius 1 is 1.21 bits per heavy atom. The molecule has 0 aliphatic carbocycles. The van der Waals surface area contributed by atoms with Crippen molar-refractivity contribution < 1.29 is 20.2 Å². The SMILES string of the molecule is O=C(Cc1ccc(Cl)c(Cl)c1)N(O)C(CN1CCC(O)C1)c1cccc(O)c1. The van der Waals surface area contributed by atoms with Gasteiger partial charge in [0.1, 0.15) is 5.75 Å². The van der Waals surface area contributed by atoms with Crippen LogP contribution in [0.5, 0.6) is 5.75 Å². The van der Waals surface area contributed by atoms with Gasteiger partial charge >= 0.3 is 0 Å². The van der Waals surface area contributed by atoms with E-state index in [1.54, 1.807) is 30.3 Å². The standard InChI is InChI=1S/C20H22Cl2N2O4/c21-17-5-4-13(8-18(17)22)9-20(27)24(28)19(12-23-7-6-16(26)11-23)14-2-1-3-15(25)10-14/h1-5,8,10,16,19,25-26,28H,6-7,9,11-12H2. The number of likely N-dealkylation sites (tertiary alicyclic amines) is 1. The molecule has 150 valence electrons. The highest BCUT2D eigenvalue weighted by molar-refractivity contribution is 6.42. The number of hydrogen-bond donors (Lipinski definition) is 3. The molecule has 2 aromatic carbocycles. The molecule has 1 fully saturated rings. The largest absolute Gasteiger partial charge is 0.508 e. The fourth-order valence-electron chi connectivity index (χ4n) is 3.36. The lowest BCUT2D eigenvalue weighted by molar-refractivity contribution is -0.177. The number of carbonyl (C=O) groups excluding carboxylic acids is 1. The molecule has 8 heteroatoms. The van der Waals surface area contributed by atoms with Crippen LogP contribution in [0.1, 0.15) is 23.6 Å². The van der Waals surface area contributed by atoms with E-state index in [1.807, 2.05) is 4.90 Å². The molecule has 1 amide bonds. The fraction of sp³-hybridized carbons (Fsp3) is 0.350. The highest BCUT2D eigenvalue weighted by Crippen LogP contribution is 2.27. The number of phenols is 1. The molecule has 1 saturated heterocycles. The average molecular weight is 425 g/mol. The van der Waals surface area contributed by atoms with E-state index < -0.39 is 18.1 Å². The van der Waals surface area contributed by atoms with E-state index in [9.17, 15) is 20.2 Å². The Kier molecular flexibility index (Phi) is 6.80. The van der Waals surface area contributed by atoms with Gasteiger partial charge < -0.3 is 10.2 Å². The van der Waals surface area contributed by atoms with E-state index in [0.29, 0.717) is 52.3 Å². The normalized spacial score (nSPS) is 18.2. The number of aromatic hydroxyl groups is 1. The van der Waals surface area contributed by atoms with Gasteiger partial charge in [-0.05, 0) is 41.8 Å². The second-order valence-electron chi connectivity index (χ2n) is 6.98. The lowest BCUT2D eigenvalue weighted by Gasteiger charge is -2.30. The van der Waals surface area contributed by atoms with Crippen LogP contribution in [-0.4, -0.2) is 57.0 Å². The van der Waals surface area contributed by atoms with E-state index in [2.05, 4.69) is 0 Å². The summed E-state index contributed by atoms with van der Waals surface area (Å²) in [6, 6.07) is 10.6. The molecule has 1 aliphatic heterocycles.